The van der Waals surface area contributed by atoms with Crippen LogP contribution in [0.4, 0.5) is 0 Å². The zero-order chi connectivity index (χ0) is 18.7. The van der Waals surface area contributed by atoms with E-state index in [-0.39, 0.29) is 12.5 Å². The van der Waals surface area contributed by atoms with Crippen LogP contribution in [-0.4, -0.2) is 40.2 Å². The van der Waals surface area contributed by atoms with Crippen molar-refractivity contribution in [2.45, 2.75) is 40.3 Å². The van der Waals surface area contributed by atoms with Crippen molar-refractivity contribution >= 4 is 17.5 Å². The number of halogens is 1. The summed E-state index contributed by atoms with van der Waals surface area (Å²) in [5.41, 5.74) is 4.33. The van der Waals surface area contributed by atoms with E-state index in [1.807, 2.05) is 13.8 Å². The Hall–Kier alpha value is -1.85. The number of rotatable bonds is 6. The van der Waals surface area contributed by atoms with Crippen LogP contribution in [0.3, 0.4) is 0 Å². The fraction of sp³-hybridized carbons (Fsp3) is 0.500. The molecular weight excluding hydrogens is 348 g/mol. The minimum Gasteiger partial charge on any atom is -0.354 e. The van der Waals surface area contributed by atoms with Gasteiger partial charge in [-0.05, 0) is 50.8 Å². The Labute approximate surface area is 160 Å². The molecule has 1 aliphatic heterocycles. The first-order chi connectivity index (χ1) is 12.4. The third kappa shape index (κ3) is 4.46. The van der Waals surface area contributed by atoms with E-state index in [0.29, 0.717) is 10.9 Å². The number of likely N-dealkylation sites (tertiary alicyclic amines) is 1. The van der Waals surface area contributed by atoms with Crippen LogP contribution in [-0.2, 0) is 17.9 Å². The first kappa shape index (κ1) is 18.9. The summed E-state index contributed by atoms with van der Waals surface area (Å²) < 4.78 is 1.67. The van der Waals surface area contributed by atoms with Crippen molar-refractivity contribution in [1.29, 1.82) is 0 Å². The molecule has 0 radical (unpaired) electrons. The summed E-state index contributed by atoms with van der Waals surface area (Å²) in [5.74, 6) is 0.497. The van der Waals surface area contributed by atoms with E-state index in [9.17, 15) is 4.79 Å². The van der Waals surface area contributed by atoms with Crippen LogP contribution < -0.4 is 5.32 Å². The van der Waals surface area contributed by atoms with Gasteiger partial charge in [-0.15, -0.1) is 0 Å². The molecule has 1 aromatic heterocycles. The van der Waals surface area contributed by atoms with E-state index >= 15 is 0 Å². The molecule has 2 aromatic rings. The van der Waals surface area contributed by atoms with Crippen molar-refractivity contribution in [3.8, 4) is 0 Å². The number of amides is 1. The molecule has 1 atom stereocenters. The number of aromatic nitrogens is 2. The number of hydrogen-bond acceptors (Lipinski definition) is 3. The summed E-state index contributed by atoms with van der Waals surface area (Å²) in [6.45, 7) is 9.94. The van der Waals surface area contributed by atoms with Crippen LogP contribution in [0.25, 0.3) is 0 Å². The zero-order valence-electron chi connectivity index (χ0n) is 15.8. The van der Waals surface area contributed by atoms with Gasteiger partial charge in [-0.1, -0.05) is 35.9 Å². The highest BCUT2D eigenvalue weighted by Gasteiger charge is 2.23. The fourth-order valence-electron chi connectivity index (χ4n) is 3.53. The molecule has 0 unspecified atom stereocenters. The van der Waals surface area contributed by atoms with Gasteiger partial charge in [0.15, 0.2) is 0 Å². The van der Waals surface area contributed by atoms with E-state index in [1.54, 1.807) is 4.68 Å². The van der Waals surface area contributed by atoms with Crippen molar-refractivity contribution in [3.05, 3.63) is 51.8 Å². The van der Waals surface area contributed by atoms with Gasteiger partial charge in [0, 0.05) is 19.6 Å². The molecule has 1 aromatic carbocycles. The number of aryl methyl sites for hydroxylation is 2. The summed E-state index contributed by atoms with van der Waals surface area (Å²) in [6, 6.07) is 8.54. The van der Waals surface area contributed by atoms with Gasteiger partial charge in [-0.3, -0.25) is 14.4 Å². The van der Waals surface area contributed by atoms with E-state index < -0.39 is 0 Å². The molecule has 0 aliphatic carbocycles. The first-order valence-corrected chi connectivity index (χ1v) is 9.55. The smallest absolute Gasteiger partial charge is 0.241 e. The number of nitrogens with zero attached hydrogens (tertiary/aromatic N) is 3. The molecule has 0 saturated carbocycles. The van der Waals surface area contributed by atoms with E-state index in [4.69, 9.17) is 11.6 Å². The van der Waals surface area contributed by atoms with Gasteiger partial charge in [0.2, 0.25) is 5.91 Å². The van der Waals surface area contributed by atoms with Crippen molar-refractivity contribution in [1.82, 2.24) is 20.0 Å². The minimum atomic E-state index is -0.00961. The molecule has 140 valence electrons. The van der Waals surface area contributed by atoms with E-state index in [2.05, 4.69) is 46.5 Å². The summed E-state index contributed by atoms with van der Waals surface area (Å²) >= 11 is 6.14. The Morgan fingerprint density at radius 3 is 2.77 bits per heavy atom. The lowest BCUT2D eigenvalue weighted by Gasteiger charge is -2.17. The van der Waals surface area contributed by atoms with Crippen LogP contribution in [0, 0.1) is 26.7 Å². The average molecular weight is 375 g/mol. The Kier molecular flexibility index (Phi) is 5.99. The van der Waals surface area contributed by atoms with Crippen LogP contribution >= 0.6 is 11.6 Å². The number of benzene rings is 1. The molecule has 1 saturated heterocycles. The molecule has 1 aliphatic rings. The van der Waals surface area contributed by atoms with Crippen molar-refractivity contribution in [2.75, 3.05) is 19.6 Å². The monoisotopic (exact) mass is 374 g/mol. The van der Waals surface area contributed by atoms with Crippen LogP contribution in [0.15, 0.2) is 24.3 Å². The van der Waals surface area contributed by atoms with Crippen molar-refractivity contribution < 1.29 is 4.79 Å². The second-order valence-corrected chi connectivity index (χ2v) is 7.64. The normalized spacial score (nSPS) is 17.6. The van der Waals surface area contributed by atoms with Crippen molar-refractivity contribution in [2.24, 2.45) is 5.92 Å². The first-order valence-electron chi connectivity index (χ1n) is 9.17. The third-order valence-electron chi connectivity index (χ3n) is 5.20. The zero-order valence-corrected chi connectivity index (χ0v) is 16.5. The van der Waals surface area contributed by atoms with Gasteiger partial charge >= 0.3 is 0 Å². The summed E-state index contributed by atoms with van der Waals surface area (Å²) in [7, 11) is 0. The Bertz CT molecular complexity index is 786. The largest absolute Gasteiger partial charge is 0.354 e. The Morgan fingerprint density at radius 2 is 2.08 bits per heavy atom. The molecule has 6 heteroatoms. The minimum absolute atomic E-state index is 0.00961. The second-order valence-electron chi connectivity index (χ2n) is 7.26. The highest BCUT2D eigenvalue weighted by molar-refractivity contribution is 6.31. The Balaban J connectivity index is 1.45. The summed E-state index contributed by atoms with van der Waals surface area (Å²) in [6.07, 6.45) is 1.12. The van der Waals surface area contributed by atoms with Gasteiger partial charge in [-0.25, -0.2) is 0 Å². The van der Waals surface area contributed by atoms with Crippen LogP contribution in [0.2, 0.25) is 5.02 Å². The molecule has 1 N–H and O–H groups in total. The lowest BCUT2D eigenvalue weighted by atomic mass is 10.1. The van der Waals surface area contributed by atoms with Gasteiger partial charge in [0.1, 0.15) is 6.54 Å². The SMILES string of the molecule is Cc1ccccc1CN1CC[C@@H](CNC(=O)Cn2nc(C)c(Cl)c2C)C1. The lowest BCUT2D eigenvalue weighted by Crippen LogP contribution is -2.33. The highest BCUT2D eigenvalue weighted by Crippen LogP contribution is 2.20. The third-order valence-corrected chi connectivity index (χ3v) is 5.75. The number of hydrogen-bond donors (Lipinski definition) is 1. The van der Waals surface area contributed by atoms with Gasteiger partial charge in [0.05, 0.1) is 16.4 Å². The predicted octanol–water partition coefficient (Wildman–Crippen LogP) is 3.10. The highest BCUT2D eigenvalue weighted by atomic mass is 35.5. The van der Waals surface area contributed by atoms with E-state index in [0.717, 1.165) is 44.0 Å². The van der Waals surface area contributed by atoms with Gasteiger partial charge < -0.3 is 5.32 Å². The quantitative estimate of drug-likeness (QED) is 0.845. The molecule has 3 rings (SSSR count). The van der Waals surface area contributed by atoms with Crippen molar-refractivity contribution in [3.63, 3.8) is 0 Å². The maximum absolute atomic E-state index is 12.2. The number of carbonyl (C=O) groups is 1. The average Bonchev–Trinajstić information content (AvgIpc) is 3.16. The van der Waals surface area contributed by atoms with E-state index in [1.165, 1.54) is 11.1 Å². The maximum atomic E-state index is 12.2. The Morgan fingerprint density at radius 1 is 1.31 bits per heavy atom. The molecule has 0 bridgehead atoms. The fourth-order valence-corrected chi connectivity index (χ4v) is 3.67. The summed E-state index contributed by atoms with van der Waals surface area (Å²) in [4.78, 5) is 14.7. The molecule has 26 heavy (non-hydrogen) atoms. The molecule has 1 amide bonds. The lowest BCUT2D eigenvalue weighted by molar-refractivity contribution is -0.122. The predicted molar refractivity (Wildman–Crippen MR) is 104 cm³/mol. The summed E-state index contributed by atoms with van der Waals surface area (Å²) in [5, 5.41) is 8.01. The topological polar surface area (TPSA) is 50.2 Å². The van der Waals surface area contributed by atoms with Crippen LogP contribution in [0.1, 0.15) is 28.9 Å². The van der Waals surface area contributed by atoms with Gasteiger partial charge in [0.25, 0.3) is 0 Å². The molecule has 5 nitrogen and oxygen atoms in total. The second kappa shape index (κ2) is 8.23. The molecular formula is C20H27ClN4O. The van der Waals surface area contributed by atoms with Crippen LogP contribution in [0.5, 0.6) is 0 Å². The number of nitrogens with one attached hydrogen (secondary N) is 1. The standard InChI is InChI=1S/C20H27ClN4O/c1-14-6-4-5-7-18(14)12-24-9-8-17(11-24)10-22-19(26)13-25-16(3)20(21)15(2)23-25/h4-7,17H,8-13H2,1-3H3,(H,22,26)/t17-/m0/s1. The molecule has 2 heterocycles. The molecule has 1 fully saturated rings. The maximum Gasteiger partial charge on any atom is 0.241 e. The molecule has 0 spiro atoms. The van der Waals surface area contributed by atoms with Gasteiger partial charge in [-0.2, -0.15) is 5.10 Å². The number of carbonyl (C=O) groups excluding carboxylic acids is 1.